The van der Waals surface area contributed by atoms with Crippen LogP contribution >= 0.6 is 23.4 Å². The number of aryl methyl sites for hydroxylation is 1. The summed E-state index contributed by atoms with van der Waals surface area (Å²) < 4.78 is 0. The highest BCUT2D eigenvalue weighted by atomic mass is 35.5. The summed E-state index contributed by atoms with van der Waals surface area (Å²) in [5, 5.41) is 5.62. The molecule has 2 N–H and O–H groups in total. The van der Waals surface area contributed by atoms with Gasteiger partial charge in [0.15, 0.2) is 0 Å². The highest BCUT2D eigenvalue weighted by Gasteiger charge is 2.24. The third-order valence-electron chi connectivity index (χ3n) is 4.75. The van der Waals surface area contributed by atoms with E-state index in [1.54, 1.807) is 30.0 Å². The number of hydrogen-bond donors (Lipinski definition) is 2. The SMILES string of the molecule is Cc1ccc(NC(=O)CSC(C)C(=O)Nc2ccc(N3CCCC3=O)c(Cl)c2)cc1. The maximum atomic E-state index is 12.5. The highest BCUT2D eigenvalue weighted by Crippen LogP contribution is 2.32. The van der Waals surface area contributed by atoms with Gasteiger partial charge in [0, 0.05) is 24.3 Å². The molecule has 1 saturated heterocycles. The summed E-state index contributed by atoms with van der Waals surface area (Å²) in [6.07, 6.45) is 1.35. The maximum Gasteiger partial charge on any atom is 0.237 e. The molecule has 158 valence electrons. The van der Waals surface area contributed by atoms with Gasteiger partial charge < -0.3 is 15.5 Å². The minimum absolute atomic E-state index is 0.0580. The van der Waals surface area contributed by atoms with Gasteiger partial charge in [-0.2, -0.15) is 0 Å². The smallest absolute Gasteiger partial charge is 0.237 e. The molecule has 0 bridgehead atoms. The predicted octanol–water partition coefficient (Wildman–Crippen LogP) is 4.47. The van der Waals surface area contributed by atoms with Crippen molar-refractivity contribution in [2.45, 2.75) is 31.9 Å². The van der Waals surface area contributed by atoms with Crippen LogP contribution in [0.15, 0.2) is 42.5 Å². The Labute approximate surface area is 185 Å². The molecule has 0 aliphatic carbocycles. The number of amides is 3. The normalized spacial score (nSPS) is 14.5. The second-order valence-electron chi connectivity index (χ2n) is 7.17. The molecular formula is C22H24ClN3O3S. The van der Waals surface area contributed by atoms with Crippen LogP contribution in [0.5, 0.6) is 0 Å². The number of hydrogen-bond acceptors (Lipinski definition) is 4. The Morgan fingerprint density at radius 1 is 1.13 bits per heavy atom. The van der Waals surface area contributed by atoms with Crippen LogP contribution in [0.2, 0.25) is 5.02 Å². The van der Waals surface area contributed by atoms with Crippen LogP contribution in [0, 0.1) is 6.92 Å². The lowest BCUT2D eigenvalue weighted by Crippen LogP contribution is -2.25. The molecule has 3 rings (SSSR count). The second kappa shape index (κ2) is 10.00. The summed E-state index contributed by atoms with van der Waals surface area (Å²) in [7, 11) is 0. The third-order valence-corrected chi connectivity index (χ3v) is 6.19. The minimum Gasteiger partial charge on any atom is -0.325 e. The molecule has 6 nitrogen and oxygen atoms in total. The lowest BCUT2D eigenvalue weighted by Gasteiger charge is -2.18. The molecular weight excluding hydrogens is 422 g/mol. The molecule has 30 heavy (non-hydrogen) atoms. The molecule has 1 fully saturated rings. The van der Waals surface area contributed by atoms with Crippen molar-refractivity contribution in [3.63, 3.8) is 0 Å². The summed E-state index contributed by atoms with van der Waals surface area (Å²) in [6.45, 7) is 4.38. The molecule has 1 heterocycles. The molecule has 2 aromatic rings. The zero-order valence-electron chi connectivity index (χ0n) is 16.9. The van der Waals surface area contributed by atoms with Crippen molar-refractivity contribution in [3.05, 3.63) is 53.1 Å². The molecule has 2 aromatic carbocycles. The first-order valence-electron chi connectivity index (χ1n) is 9.72. The number of nitrogens with one attached hydrogen (secondary N) is 2. The van der Waals surface area contributed by atoms with E-state index >= 15 is 0 Å². The van der Waals surface area contributed by atoms with E-state index in [0.29, 0.717) is 29.4 Å². The van der Waals surface area contributed by atoms with E-state index in [9.17, 15) is 14.4 Å². The fraction of sp³-hybridized carbons (Fsp3) is 0.318. The number of thioether (sulfide) groups is 1. The van der Waals surface area contributed by atoms with Crippen molar-refractivity contribution >= 4 is 58.1 Å². The first kappa shape index (κ1) is 22.2. The zero-order chi connectivity index (χ0) is 21.7. The molecule has 1 aliphatic rings. The van der Waals surface area contributed by atoms with Gasteiger partial charge in [0.05, 0.1) is 21.7 Å². The van der Waals surface area contributed by atoms with Crippen LogP contribution in [0.1, 0.15) is 25.3 Å². The van der Waals surface area contributed by atoms with Gasteiger partial charge in [-0.05, 0) is 50.6 Å². The number of rotatable bonds is 7. The fourth-order valence-corrected chi connectivity index (χ4v) is 4.03. The highest BCUT2D eigenvalue weighted by molar-refractivity contribution is 8.01. The molecule has 1 atom stereocenters. The summed E-state index contributed by atoms with van der Waals surface area (Å²) >= 11 is 7.58. The zero-order valence-corrected chi connectivity index (χ0v) is 18.5. The van der Waals surface area contributed by atoms with Crippen LogP contribution in [0.4, 0.5) is 17.1 Å². The molecule has 8 heteroatoms. The van der Waals surface area contributed by atoms with E-state index in [1.807, 2.05) is 31.2 Å². The van der Waals surface area contributed by atoms with Gasteiger partial charge >= 0.3 is 0 Å². The molecule has 1 aliphatic heterocycles. The van der Waals surface area contributed by atoms with Crippen molar-refractivity contribution in [3.8, 4) is 0 Å². The lowest BCUT2D eigenvalue weighted by molar-refractivity contribution is -0.117. The van der Waals surface area contributed by atoms with E-state index in [4.69, 9.17) is 11.6 Å². The largest absolute Gasteiger partial charge is 0.325 e. The summed E-state index contributed by atoms with van der Waals surface area (Å²) in [4.78, 5) is 38.1. The first-order valence-corrected chi connectivity index (χ1v) is 11.1. The van der Waals surface area contributed by atoms with E-state index in [2.05, 4.69) is 10.6 Å². The Morgan fingerprint density at radius 2 is 1.83 bits per heavy atom. The average Bonchev–Trinajstić information content (AvgIpc) is 3.13. The summed E-state index contributed by atoms with van der Waals surface area (Å²) in [5.74, 6) is -0.155. The second-order valence-corrected chi connectivity index (χ2v) is 8.91. The molecule has 0 saturated carbocycles. The number of halogens is 1. The molecule has 1 unspecified atom stereocenters. The molecule has 0 aromatic heterocycles. The van der Waals surface area contributed by atoms with Crippen LogP contribution in [0.3, 0.4) is 0 Å². The fourth-order valence-electron chi connectivity index (χ4n) is 3.06. The number of carbonyl (C=O) groups excluding carboxylic acids is 3. The van der Waals surface area contributed by atoms with Crippen molar-refractivity contribution in [2.75, 3.05) is 27.8 Å². The lowest BCUT2D eigenvalue weighted by atomic mass is 10.2. The van der Waals surface area contributed by atoms with Gasteiger partial charge in [0.25, 0.3) is 0 Å². The predicted molar refractivity (Wildman–Crippen MR) is 123 cm³/mol. The third kappa shape index (κ3) is 5.77. The Bertz CT molecular complexity index is 949. The Morgan fingerprint density at radius 3 is 2.47 bits per heavy atom. The minimum atomic E-state index is -0.424. The average molecular weight is 446 g/mol. The first-order chi connectivity index (χ1) is 14.3. The summed E-state index contributed by atoms with van der Waals surface area (Å²) in [6, 6.07) is 12.7. The number of nitrogens with zero attached hydrogens (tertiary/aromatic N) is 1. The van der Waals surface area contributed by atoms with E-state index in [0.717, 1.165) is 17.7 Å². The molecule has 3 amide bonds. The quantitative estimate of drug-likeness (QED) is 0.658. The van der Waals surface area contributed by atoms with Crippen LogP contribution < -0.4 is 15.5 Å². The Balaban J connectivity index is 1.50. The van der Waals surface area contributed by atoms with Crippen molar-refractivity contribution in [1.82, 2.24) is 0 Å². The molecule has 0 spiro atoms. The molecule has 0 radical (unpaired) electrons. The van der Waals surface area contributed by atoms with Gasteiger partial charge in [-0.3, -0.25) is 14.4 Å². The van der Waals surface area contributed by atoms with E-state index < -0.39 is 5.25 Å². The van der Waals surface area contributed by atoms with Crippen LogP contribution in [-0.4, -0.2) is 35.3 Å². The van der Waals surface area contributed by atoms with Crippen molar-refractivity contribution in [1.29, 1.82) is 0 Å². The van der Waals surface area contributed by atoms with E-state index in [-0.39, 0.29) is 23.5 Å². The topological polar surface area (TPSA) is 78.5 Å². The van der Waals surface area contributed by atoms with Gasteiger partial charge in [0.1, 0.15) is 0 Å². The van der Waals surface area contributed by atoms with Gasteiger partial charge in [0.2, 0.25) is 17.7 Å². The van der Waals surface area contributed by atoms with Crippen molar-refractivity contribution < 1.29 is 14.4 Å². The maximum absolute atomic E-state index is 12.5. The van der Waals surface area contributed by atoms with Gasteiger partial charge in [-0.15, -0.1) is 11.8 Å². The number of anilines is 3. The van der Waals surface area contributed by atoms with Crippen molar-refractivity contribution in [2.24, 2.45) is 0 Å². The Kier molecular flexibility index (Phi) is 7.39. The van der Waals surface area contributed by atoms with Gasteiger partial charge in [-0.1, -0.05) is 29.3 Å². The van der Waals surface area contributed by atoms with E-state index in [1.165, 1.54) is 11.8 Å². The number of benzene rings is 2. The van der Waals surface area contributed by atoms with Crippen LogP contribution in [0.25, 0.3) is 0 Å². The van der Waals surface area contributed by atoms with Crippen LogP contribution in [-0.2, 0) is 14.4 Å². The monoisotopic (exact) mass is 445 g/mol. The summed E-state index contributed by atoms with van der Waals surface area (Å²) in [5.41, 5.74) is 3.06. The standard InChI is InChI=1S/C22H24ClN3O3S/c1-14-5-7-16(8-6-14)24-20(27)13-30-15(2)22(29)25-17-9-10-19(18(23)12-17)26-11-3-4-21(26)28/h5-10,12,15H,3-4,11,13H2,1-2H3,(H,24,27)(H,25,29). The number of carbonyl (C=O) groups is 3. The van der Waals surface area contributed by atoms with Gasteiger partial charge in [-0.25, -0.2) is 0 Å². The Hall–Kier alpha value is -2.51.